The van der Waals surface area contributed by atoms with Gasteiger partial charge in [-0.3, -0.25) is 19.3 Å². The van der Waals surface area contributed by atoms with E-state index in [1.807, 2.05) is 0 Å². The molecule has 1 aliphatic rings. The van der Waals surface area contributed by atoms with Crippen molar-refractivity contribution < 1.29 is 27.2 Å². The van der Waals surface area contributed by atoms with E-state index < -0.39 is 15.9 Å². The molecule has 1 heterocycles. The molecule has 1 N–H and O–H groups in total. The van der Waals surface area contributed by atoms with E-state index in [1.165, 1.54) is 67.2 Å². The first-order valence-corrected chi connectivity index (χ1v) is 13.5. The molecule has 3 aromatic carbocycles. The fraction of sp³-hybridized carbons (Fsp3) is 0.192. The number of aryl methyl sites for hydroxylation is 1. The summed E-state index contributed by atoms with van der Waals surface area (Å²) in [4.78, 5) is 38.2. The van der Waals surface area contributed by atoms with Crippen molar-refractivity contribution in [1.82, 2.24) is 4.72 Å². The molecule has 186 valence electrons. The Morgan fingerprint density at radius 3 is 2.33 bits per heavy atom. The van der Waals surface area contributed by atoms with Crippen LogP contribution in [-0.4, -0.2) is 31.8 Å². The lowest BCUT2D eigenvalue weighted by molar-refractivity contribution is -0.117. The van der Waals surface area contributed by atoms with Gasteiger partial charge in [0, 0.05) is 17.7 Å². The topological polar surface area (TPSA) is 101 Å². The fourth-order valence-corrected chi connectivity index (χ4v) is 6.08. The first-order valence-electron chi connectivity index (χ1n) is 11.0. The lowest BCUT2D eigenvalue weighted by Gasteiger charge is -2.26. The summed E-state index contributed by atoms with van der Waals surface area (Å²) in [5, 5.41) is -0.345. The molecule has 3 aromatic rings. The van der Waals surface area contributed by atoms with Crippen LogP contribution in [0.2, 0.25) is 0 Å². The van der Waals surface area contributed by atoms with Gasteiger partial charge in [0.2, 0.25) is 5.91 Å². The zero-order valence-corrected chi connectivity index (χ0v) is 21.2. The standard InChI is InChI=1S/C26H23FN2O5S2/c1-16-13-20(25(32)28-36(33,34)22-10-3-18(4-11-22)14-17(2)30)7-12-23(16)29-24(31)15-35-26(29)19-5-8-21(27)9-6-19/h3-13,26H,14-15H2,1-2H3,(H,28,32). The van der Waals surface area contributed by atoms with E-state index in [9.17, 15) is 27.2 Å². The summed E-state index contributed by atoms with van der Waals surface area (Å²) in [6.07, 6.45) is 0.193. The number of nitrogens with one attached hydrogen (secondary N) is 1. The lowest BCUT2D eigenvalue weighted by Crippen LogP contribution is -2.31. The largest absolute Gasteiger partial charge is 0.300 e. The number of carbonyl (C=O) groups is 3. The van der Waals surface area contributed by atoms with Gasteiger partial charge in [0.25, 0.3) is 15.9 Å². The number of Topliss-reactive ketones (excluding diaryl/α,β-unsaturated/α-hetero) is 1. The van der Waals surface area contributed by atoms with Crippen LogP contribution in [0, 0.1) is 12.7 Å². The van der Waals surface area contributed by atoms with Gasteiger partial charge in [0.15, 0.2) is 0 Å². The normalized spacial score (nSPS) is 15.7. The Morgan fingerprint density at radius 2 is 1.72 bits per heavy atom. The third-order valence-corrected chi connectivity index (χ3v) is 8.21. The van der Waals surface area contributed by atoms with Crippen LogP contribution < -0.4 is 9.62 Å². The van der Waals surface area contributed by atoms with Crippen molar-refractivity contribution in [3.8, 4) is 0 Å². The molecule has 0 bridgehead atoms. The highest BCUT2D eigenvalue weighted by Crippen LogP contribution is 2.42. The van der Waals surface area contributed by atoms with Gasteiger partial charge in [0.1, 0.15) is 17.0 Å². The molecule has 0 aromatic heterocycles. The summed E-state index contributed by atoms with van der Waals surface area (Å²) < 4.78 is 40.8. The first-order chi connectivity index (χ1) is 17.0. The highest BCUT2D eigenvalue weighted by molar-refractivity contribution is 8.00. The highest BCUT2D eigenvalue weighted by Gasteiger charge is 2.35. The van der Waals surface area contributed by atoms with Crippen LogP contribution in [0.4, 0.5) is 10.1 Å². The zero-order chi connectivity index (χ0) is 26.0. The van der Waals surface area contributed by atoms with Crippen LogP contribution in [0.15, 0.2) is 71.6 Å². The second-order valence-electron chi connectivity index (χ2n) is 8.44. The SMILES string of the molecule is CC(=O)Cc1ccc(S(=O)(=O)NC(=O)c2ccc(N3C(=O)CSC3c3ccc(F)cc3)c(C)c2)cc1. The minimum absolute atomic E-state index is 0.0454. The van der Waals surface area contributed by atoms with E-state index in [4.69, 9.17) is 0 Å². The van der Waals surface area contributed by atoms with Crippen molar-refractivity contribution in [2.24, 2.45) is 0 Å². The first kappa shape index (κ1) is 25.6. The number of sulfonamides is 1. The lowest BCUT2D eigenvalue weighted by atomic mass is 10.1. The number of amides is 2. The van der Waals surface area contributed by atoms with Crippen LogP contribution in [-0.2, 0) is 26.0 Å². The van der Waals surface area contributed by atoms with Gasteiger partial charge in [-0.05, 0) is 73.0 Å². The Kier molecular flexibility index (Phi) is 7.28. The molecular weight excluding hydrogens is 503 g/mol. The second kappa shape index (κ2) is 10.2. The van der Waals surface area contributed by atoms with Crippen molar-refractivity contribution >= 4 is 45.1 Å². The number of halogens is 1. The molecule has 7 nitrogen and oxygen atoms in total. The number of hydrogen-bond donors (Lipinski definition) is 1. The second-order valence-corrected chi connectivity index (χ2v) is 11.2. The Morgan fingerprint density at radius 1 is 1.06 bits per heavy atom. The summed E-state index contributed by atoms with van der Waals surface area (Å²) in [6, 6.07) is 16.3. The summed E-state index contributed by atoms with van der Waals surface area (Å²) in [6.45, 7) is 3.17. The van der Waals surface area contributed by atoms with Crippen molar-refractivity contribution in [1.29, 1.82) is 0 Å². The molecule has 1 atom stereocenters. The molecule has 0 saturated carbocycles. The Bertz CT molecular complexity index is 1440. The van der Waals surface area contributed by atoms with Crippen LogP contribution in [0.1, 0.15) is 39.3 Å². The zero-order valence-electron chi connectivity index (χ0n) is 19.5. The fourth-order valence-electron chi connectivity index (χ4n) is 3.94. The number of anilines is 1. The Hall–Kier alpha value is -3.50. The third kappa shape index (κ3) is 5.50. The predicted molar refractivity (Wildman–Crippen MR) is 136 cm³/mol. The molecule has 4 rings (SSSR count). The average Bonchev–Trinajstić information content (AvgIpc) is 3.20. The average molecular weight is 527 g/mol. The maximum absolute atomic E-state index is 13.4. The number of benzene rings is 3. The van der Waals surface area contributed by atoms with Crippen LogP contribution in [0.3, 0.4) is 0 Å². The molecule has 1 saturated heterocycles. The van der Waals surface area contributed by atoms with Crippen molar-refractivity contribution in [2.75, 3.05) is 10.7 Å². The summed E-state index contributed by atoms with van der Waals surface area (Å²) >= 11 is 1.42. The van der Waals surface area contributed by atoms with E-state index in [1.54, 1.807) is 30.0 Å². The van der Waals surface area contributed by atoms with E-state index in [0.29, 0.717) is 16.8 Å². The van der Waals surface area contributed by atoms with Crippen molar-refractivity contribution in [3.63, 3.8) is 0 Å². The van der Waals surface area contributed by atoms with Crippen molar-refractivity contribution in [2.45, 2.75) is 30.5 Å². The molecule has 0 radical (unpaired) electrons. The van der Waals surface area contributed by atoms with E-state index in [2.05, 4.69) is 4.72 Å². The van der Waals surface area contributed by atoms with E-state index in [-0.39, 0.29) is 45.5 Å². The van der Waals surface area contributed by atoms with Crippen LogP contribution in [0.25, 0.3) is 0 Å². The number of ketones is 1. The maximum Gasteiger partial charge on any atom is 0.265 e. The number of rotatable bonds is 7. The molecule has 1 fully saturated rings. The van der Waals surface area contributed by atoms with E-state index >= 15 is 0 Å². The van der Waals surface area contributed by atoms with Gasteiger partial charge in [-0.1, -0.05) is 24.3 Å². The van der Waals surface area contributed by atoms with Gasteiger partial charge in [-0.15, -0.1) is 11.8 Å². The molecule has 10 heteroatoms. The summed E-state index contributed by atoms with van der Waals surface area (Å²) in [7, 11) is -4.13. The quantitative estimate of drug-likeness (QED) is 0.496. The Labute approximate surface area is 212 Å². The smallest absolute Gasteiger partial charge is 0.265 e. The van der Waals surface area contributed by atoms with Gasteiger partial charge >= 0.3 is 0 Å². The molecule has 36 heavy (non-hydrogen) atoms. The van der Waals surface area contributed by atoms with Crippen LogP contribution >= 0.6 is 11.8 Å². The van der Waals surface area contributed by atoms with Gasteiger partial charge in [-0.25, -0.2) is 17.5 Å². The number of nitrogens with zero attached hydrogens (tertiary/aromatic N) is 1. The molecular formula is C26H23FN2O5S2. The van der Waals surface area contributed by atoms with Gasteiger partial charge < -0.3 is 0 Å². The third-order valence-electron chi connectivity index (χ3n) is 5.66. The Balaban J connectivity index is 1.53. The monoisotopic (exact) mass is 526 g/mol. The summed E-state index contributed by atoms with van der Waals surface area (Å²) in [5.74, 6) is -1.09. The molecule has 1 aliphatic heterocycles. The predicted octanol–water partition coefficient (Wildman–Crippen LogP) is 4.16. The molecule has 0 aliphatic carbocycles. The van der Waals surface area contributed by atoms with Gasteiger partial charge in [0.05, 0.1) is 10.6 Å². The van der Waals surface area contributed by atoms with Crippen LogP contribution in [0.5, 0.6) is 0 Å². The van der Waals surface area contributed by atoms with Gasteiger partial charge in [-0.2, -0.15) is 0 Å². The summed E-state index contributed by atoms with van der Waals surface area (Å²) in [5.41, 5.74) is 2.75. The van der Waals surface area contributed by atoms with E-state index in [0.717, 1.165) is 5.56 Å². The number of carbonyl (C=O) groups excluding carboxylic acids is 3. The molecule has 0 spiro atoms. The van der Waals surface area contributed by atoms with Crippen molar-refractivity contribution in [3.05, 3.63) is 94.8 Å². The highest BCUT2D eigenvalue weighted by atomic mass is 32.2. The number of thioether (sulfide) groups is 1. The molecule has 1 unspecified atom stereocenters. The number of hydrogen-bond acceptors (Lipinski definition) is 6. The minimum atomic E-state index is -4.13. The minimum Gasteiger partial charge on any atom is -0.300 e. The molecule has 2 amide bonds. The maximum atomic E-state index is 13.4.